The van der Waals surface area contributed by atoms with Crippen LogP contribution in [0.4, 0.5) is 0 Å². The second-order valence-corrected chi connectivity index (χ2v) is 4.67. The molecule has 0 radical (unpaired) electrons. The van der Waals surface area contributed by atoms with Crippen LogP contribution in [0.2, 0.25) is 5.02 Å². The fourth-order valence-electron chi connectivity index (χ4n) is 1.46. The summed E-state index contributed by atoms with van der Waals surface area (Å²) in [4.78, 5) is 0. The number of nitrogens with zero attached hydrogens (tertiary/aromatic N) is 3. The SMILES string of the molecule is Clc1cccc(C2Nn3cnnc3S2)c1. The summed E-state index contributed by atoms with van der Waals surface area (Å²) in [6.07, 6.45) is 1.66. The molecule has 1 aliphatic rings. The van der Waals surface area contributed by atoms with Gasteiger partial charge in [-0.15, -0.1) is 10.2 Å². The molecule has 1 aromatic carbocycles. The van der Waals surface area contributed by atoms with Gasteiger partial charge in [0.1, 0.15) is 11.7 Å². The molecule has 0 saturated heterocycles. The first-order chi connectivity index (χ1) is 7.33. The molecule has 2 heterocycles. The molecule has 1 aromatic heterocycles. The molecule has 1 N–H and O–H groups in total. The highest BCUT2D eigenvalue weighted by molar-refractivity contribution is 7.99. The van der Waals surface area contributed by atoms with Gasteiger partial charge in [0.2, 0.25) is 5.16 Å². The van der Waals surface area contributed by atoms with Crippen LogP contribution in [0.25, 0.3) is 0 Å². The van der Waals surface area contributed by atoms with Crippen molar-refractivity contribution in [1.82, 2.24) is 14.9 Å². The van der Waals surface area contributed by atoms with Crippen molar-refractivity contribution in [1.29, 1.82) is 0 Å². The predicted octanol–water partition coefficient (Wildman–Crippen LogP) is 2.28. The lowest BCUT2D eigenvalue weighted by Crippen LogP contribution is -2.10. The van der Waals surface area contributed by atoms with E-state index in [1.165, 1.54) is 0 Å². The number of hydrogen-bond donors (Lipinski definition) is 1. The predicted molar refractivity (Wildman–Crippen MR) is 59.4 cm³/mol. The van der Waals surface area contributed by atoms with E-state index in [-0.39, 0.29) is 5.37 Å². The Hall–Kier alpha value is -1.20. The summed E-state index contributed by atoms with van der Waals surface area (Å²) < 4.78 is 1.82. The van der Waals surface area contributed by atoms with E-state index in [4.69, 9.17) is 11.6 Å². The van der Waals surface area contributed by atoms with Gasteiger partial charge in [0.15, 0.2) is 0 Å². The monoisotopic (exact) mass is 238 g/mol. The molecule has 76 valence electrons. The fraction of sp³-hybridized carbons (Fsp3) is 0.111. The van der Waals surface area contributed by atoms with Gasteiger partial charge in [0.25, 0.3) is 0 Å². The van der Waals surface area contributed by atoms with Crippen LogP contribution >= 0.6 is 23.4 Å². The Kier molecular flexibility index (Phi) is 2.07. The smallest absolute Gasteiger partial charge is 0.212 e. The van der Waals surface area contributed by atoms with Crippen LogP contribution in [0.1, 0.15) is 10.9 Å². The van der Waals surface area contributed by atoms with E-state index in [1.54, 1.807) is 18.1 Å². The minimum absolute atomic E-state index is 0.161. The normalized spacial score (nSPS) is 18.6. The van der Waals surface area contributed by atoms with Gasteiger partial charge in [-0.2, -0.15) is 0 Å². The maximum Gasteiger partial charge on any atom is 0.212 e. The average molecular weight is 239 g/mol. The Labute approximate surface area is 95.6 Å². The van der Waals surface area contributed by atoms with Crippen molar-refractivity contribution in [3.05, 3.63) is 41.2 Å². The quantitative estimate of drug-likeness (QED) is 0.828. The summed E-state index contributed by atoms with van der Waals surface area (Å²) in [5.74, 6) is 0. The third kappa shape index (κ3) is 1.57. The Morgan fingerprint density at radius 2 is 2.40 bits per heavy atom. The highest BCUT2D eigenvalue weighted by atomic mass is 35.5. The molecular formula is C9H7ClN4S. The molecule has 0 amide bonds. The van der Waals surface area contributed by atoms with Crippen molar-refractivity contribution in [3.63, 3.8) is 0 Å². The van der Waals surface area contributed by atoms with E-state index in [1.807, 2.05) is 28.9 Å². The highest BCUT2D eigenvalue weighted by Crippen LogP contribution is 2.37. The van der Waals surface area contributed by atoms with Crippen LogP contribution in [-0.2, 0) is 0 Å². The number of rotatable bonds is 1. The van der Waals surface area contributed by atoms with Gasteiger partial charge >= 0.3 is 0 Å². The number of halogens is 1. The minimum Gasteiger partial charge on any atom is -0.304 e. The molecule has 0 saturated carbocycles. The maximum atomic E-state index is 5.94. The zero-order chi connectivity index (χ0) is 10.3. The molecule has 4 nitrogen and oxygen atoms in total. The van der Waals surface area contributed by atoms with Crippen molar-refractivity contribution in [2.24, 2.45) is 0 Å². The van der Waals surface area contributed by atoms with E-state index < -0.39 is 0 Å². The van der Waals surface area contributed by atoms with Gasteiger partial charge in [-0.1, -0.05) is 35.5 Å². The first kappa shape index (κ1) is 9.06. The standard InChI is InChI=1S/C9H7ClN4S/c10-7-3-1-2-6(4-7)8-13-14-5-11-12-9(14)15-8/h1-5,8,13H. The third-order valence-corrected chi connectivity index (χ3v) is 3.49. The summed E-state index contributed by atoms with van der Waals surface area (Å²) in [7, 11) is 0. The van der Waals surface area contributed by atoms with Crippen molar-refractivity contribution < 1.29 is 0 Å². The molecule has 6 heteroatoms. The molecule has 0 aliphatic carbocycles. The zero-order valence-corrected chi connectivity index (χ0v) is 9.16. The van der Waals surface area contributed by atoms with Gasteiger partial charge in [0.05, 0.1) is 0 Å². The Balaban J connectivity index is 1.90. The van der Waals surface area contributed by atoms with Crippen molar-refractivity contribution in [2.45, 2.75) is 10.5 Å². The number of fused-ring (bicyclic) bond motifs is 1. The molecular weight excluding hydrogens is 232 g/mol. The van der Waals surface area contributed by atoms with Crippen molar-refractivity contribution in [2.75, 3.05) is 5.43 Å². The summed E-state index contributed by atoms with van der Waals surface area (Å²) >= 11 is 7.56. The van der Waals surface area contributed by atoms with E-state index in [2.05, 4.69) is 15.6 Å². The number of nitrogens with one attached hydrogen (secondary N) is 1. The molecule has 0 bridgehead atoms. The molecule has 1 unspecified atom stereocenters. The van der Waals surface area contributed by atoms with E-state index in [0.29, 0.717) is 0 Å². The van der Waals surface area contributed by atoms with Crippen LogP contribution in [0.3, 0.4) is 0 Å². The minimum atomic E-state index is 0.161. The lowest BCUT2D eigenvalue weighted by molar-refractivity contribution is 0.787. The van der Waals surface area contributed by atoms with Gasteiger partial charge in [-0.25, -0.2) is 4.68 Å². The molecule has 0 fully saturated rings. The molecule has 3 rings (SSSR count). The zero-order valence-electron chi connectivity index (χ0n) is 7.59. The molecule has 15 heavy (non-hydrogen) atoms. The largest absolute Gasteiger partial charge is 0.304 e. The van der Waals surface area contributed by atoms with E-state index >= 15 is 0 Å². The lowest BCUT2D eigenvalue weighted by atomic mass is 10.2. The summed E-state index contributed by atoms with van der Waals surface area (Å²) in [6.45, 7) is 0. The third-order valence-electron chi connectivity index (χ3n) is 2.15. The lowest BCUT2D eigenvalue weighted by Gasteiger charge is -2.10. The van der Waals surface area contributed by atoms with Crippen LogP contribution < -0.4 is 5.43 Å². The summed E-state index contributed by atoms with van der Waals surface area (Å²) in [5, 5.41) is 9.55. The molecule has 1 atom stereocenters. The van der Waals surface area contributed by atoms with E-state index in [9.17, 15) is 0 Å². The Morgan fingerprint density at radius 3 is 3.20 bits per heavy atom. The molecule has 1 aliphatic heterocycles. The second-order valence-electron chi connectivity index (χ2n) is 3.17. The van der Waals surface area contributed by atoms with Crippen molar-refractivity contribution in [3.8, 4) is 0 Å². The van der Waals surface area contributed by atoms with Crippen LogP contribution in [0, 0.1) is 0 Å². The van der Waals surface area contributed by atoms with Gasteiger partial charge in [0, 0.05) is 5.02 Å². The first-order valence-electron chi connectivity index (χ1n) is 4.41. The summed E-state index contributed by atoms with van der Waals surface area (Å²) in [5.41, 5.74) is 4.39. The number of thioether (sulfide) groups is 1. The number of aromatic nitrogens is 3. The van der Waals surface area contributed by atoms with Crippen molar-refractivity contribution >= 4 is 23.4 Å². The Bertz CT molecular complexity index is 478. The van der Waals surface area contributed by atoms with Gasteiger partial charge in [-0.3, -0.25) is 0 Å². The Morgan fingerprint density at radius 1 is 1.47 bits per heavy atom. The maximum absolute atomic E-state index is 5.94. The first-order valence-corrected chi connectivity index (χ1v) is 5.67. The van der Waals surface area contributed by atoms with Gasteiger partial charge < -0.3 is 5.43 Å². The number of hydrogen-bond acceptors (Lipinski definition) is 4. The highest BCUT2D eigenvalue weighted by Gasteiger charge is 2.24. The van der Waals surface area contributed by atoms with Crippen LogP contribution in [0.15, 0.2) is 35.7 Å². The fourth-order valence-corrected chi connectivity index (χ4v) is 2.63. The molecule has 2 aromatic rings. The van der Waals surface area contributed by atoms with E-state index in [0.717, 1.165) is 15.7 Å². The molecule has 0 spiro atoms. The van der Waals surface area contributed by atoms with Crippen LogP contribution in [0.5, 0.6) is 0 Å². The topological polar surface area (TPSA) is 42.7 Å². The average Bonchev–Trinajstić information content (AvgIpc) is 2.76. The second kappa shape index (κ2) is 3.43. The summed E-state index contributed by atoms with van der Waals surface area (Å²) in [6, 6.07) is 7.80. The van der Waals surface area contributed by atoms with Gasteiger partial charge in [-0.05, 0) is 17.7 Å². The van der Waals surface area contributed by atoms with Crippen LogP contribution in [-0.4, -0.2) is 14.9 Å². The number of benzene rings is 1.